The number of hydrogen-bond acceptors (Lipinski definition) is 1. The molecule has 0 aromatic heterocycles. The van der Waals surface area contributed by atoms with Crippen LogP contribution in [-0.4, -0.2) is 12.6 Å². The van der Waals surface area contributed by atoms with Crippen molar-refractivity contribution in [2.24, 2.45) is 16.7 Å². The van der Waals surface area contributed by atoms with Crippen LogP contribution in [0.4, 0.5) is 0 Å². The van der Waals surface area contributed by atoms with Gasteiger partial charge in [-0.15, -0.1) is 0 Å². The Bertz CT molecular complexity index is 271. The van der Waals surface area contributed by atoms with Gasteiger partial charge in [0.15, 0.2) is 0 Å². The lowest BCUT2D eigenvalue weighted by molar-refractivity contribution is 0.0189. The Morgan fingerprint density at radius 3 is 2.18 bits per heavy atom. The van der Waals surface area contributed by atoms with Crippen LogP contribution in [0.2, 0.25) is 0 Å². The Labute approximate surface area is 107 Å². The molecule has 3 aliphatic carbocycles. The van der Waals surface area contributed by atoms with Crippen LogP contribution < -0.4 is 5.32 Å². The van der Waals surface area contributed by atoms with Crippen molar-refractivity contribution in [3.63, 3.8) is 0 Å². The van der Waals surface area contributed by atoms with E-state index in [1.807, 2.05) is 0 Å². The Kier molecular flexibility index (Phi) is 3.01. The number of rotatable bonds is 4. The first-order valence-corrected chi connectivity index (χ1v) is 7.90. The molecule has 0 amide bonds. The quantitative estimate of drug-likeness (QED) is 0.772. The first-order chi connectivity index (χ1) is 8.17. The highest BCUT2D eigenvalue weighted by atomic mass is 15.0. The van der Waals surface area contributed by atoms with Gasteiger partial charge >= 0.3 is 0 Å². The van der Waals surface area contributed by atoms with E-state index in [9.17, 15) is 0 Å². The van der Waals surface area contributed by atoms with Crippen molar-refractivity contribution in [3.05, 3.63) is 0 Å². The Morgan fingerprint density at radius 1 is 1.00 bits per heavy atom. The zero-order valence-corrected chi connectivity index (χ0v) is 11.7. The van der Waals surface area contributed by atoms with Gasteiger partial charge in [-0.3, -0.25) is 0 Å². The maximum Gasteiger partial charge on any atom is 0.0124 e. The predicted molar refractivity (Wildman–Crippen MR) is 73.0 cm³/mol. The summed E-state index contributed by atoms with van der Waals surface area (Å²) in [7, 11) is 0. The second kappa shape index (κ2) is 4.26. The average molecular weight is 235 g/mol. The minimum atomic E-state index is 0.686. The van der Waals surface area contributed by atoms with Crippen molar-refractivity contribution in [1.82, 2.24) is 5.32 Å². The lowest BCUT2D eigenvalue weighted by atomic mass is 9.57. The summed E-state index contributed by atoms with van der Waals surface area (Å²) in [6.07, 6.45) is 13.4. The zero-order valence-electron chi connectivity index (χ0n) is 11.7. The molecule has 0 radical (unpaired) electrons. The van der Waals surface area contributed by atoms with Crippen molar-refractivity contribution in [1.29, 1.82) is 0 Å². The van der Waals surface area contributed by atoms with Gasteiger partial charge in [0.2, 0.25) is 0 Å². The van der Waals surface area contributed by atoms with E-state index >= 15 is 0 Å². The highest BCUT2D eigenvalue weighted by Crippen LogP contribution is 2.54. The second-order valence-electron chi connectivity index (χ2n) is 7.41. The molecule has 1 N–H and O–H groups in total. The molecule has 1 atom stereocenters. The Balaban J connectivity index is 1.52. The standard InChI is InChI=1S/C16H29N/c1-13(2)16(10-11-16)12-17-14-6-9-15(14)7-4-3-5-8-15/h13-14,17H,3-12H2,1-2H3. The van der Waals surface area contributed by atoms with E-state index in [0.29, 0.717) is 5.41 Å². The van der Waals surface area contributed by atoms with E-state index in [0.717, 1.165) is 17.4 Å². The molecule has 0 aromatic rings. The molecule has 0 aliphatic heterocycles. The molecule has 0 bridgehead atoms. The SMILES string of the molecule is CC(C)C1(CNC2CCC23CCCCC3)CC1. The fourth-order valence-corrected chi connectivity index (χ4v) is 4.32. The van der Waals surface area contributed by atoms with Crippen molar-refractivity contribution < 1.29 is 0 Å². The number of hydrogen-bond donors (Lipinski definition) is 1. The largest absolute Gasteiger partial charge is 0.313 e. The summed E-state index contributed by atoms with van der Waals surface area (Å²) in [5, 5.41) is 3.96. The Morgan fingerprint density at radius 2 is 1.71 bits per heavy atom. The maximum atomic E-state index is 3.96. The molecule has 3 aliphatic rings. The topological polar surface area (TPSA) is 12.0 Å². The molecule has 0 heterocycles. The lowest BCUT2D eigenvalue weighted by Crippen LogP contribution is -2.55. The first-order valence-electron chi connectivity index (χ1n) is 7.90. The minimum absolute atomic E-state index is 0.686. The molecule has 1 heteroatoms. The molecule has 98 valence electrons. The molecule has 1 unspecified atom stereocenters. The summed E-state index contributed by atoms with van der Waals surface area (Å²) in [6.45, 7) is 6.12. The van der Waals surface area contributed by atoms with Crippen LogP contribution in [0.25, 0.3) is 0 Å². The zero-order chi connectivity index (χ0) is 11.9. The van der Waals surface area contributed by atoms with Crippen LogP contribution in [0.5, 0.6) is 0 Å². The van der Waals surface area contributed by atoms with Gasteiger partial charge in [0, 0.05) is 12.6 Å². The van der Waals surface area contributed by atoms with Crippen LogP contribution in [0.3, 0.4) is 0 Å². The number of nitrogens with one attached hydrogen (secondary N) is 1. The summed E-state index contributed by atoms with van der Waals surface area (Å²) in [6, 6.07) is 0.874. The van der Waals surface area contributed by atoms with Gasteiger partial charge in [-0.25, -0.2) is 0 Å². The van der Waals surface area contributed by atoms with Crippen molar-refractivity contribution in [2.75, 3.05) is 6.54 Å². The minimum Gasteiger partial charge on any atom is -0.313 e. The maximum absolute atomic E-state index is 3.96. The summed E-state index contributed by atoms with van der Waals surface area (Å²) in [5.41, 5.74) is 1.43. The molecule has 3 rings (SSSR count). The average Bonchev–Trinajstić information content (AvgIpc) is 3.10. The monoisotopic (exact) mass is 235 g/mol. The Hall–Kier alpha value is -0.0400. The van der Waals surface area contributed by atoms with Crippen LogP contribution >= 0.6 is 0 Å². The molecule has 3 fully saturated rings. The second-order valence-corrected chi connectivity index (χ2v) is 7.41. The van der Waals surface area contributed by atoms with Gasteiger partial charge in [-0.05, 0) is 55.3 Å². The van der Waals surface area contributed by atoms with Gasteiger partial charge in [0.05, 0.1) is 0 Å². The normalized spacial score (nSPS) is 33.7. The van der Waals surface area contributed by atoms with Crippen LogP contribution in [0, 0.1) is 16.7 Å². The van der Waals surface area contributed by atoms with Gasteiger partial charge in [-0.2, -0.15) is 0 Å². The summed E-state index contributed by atoms with van der Waals surface area (Å²) >= 11 is 0. The third-order valence-electron chi connectivity index (χ3n) is 6.34. The molecular weight excluding hydrogens is 206 g/mol. The smallest absolute Gasteiger partial charge is 0.0124 e. The molecule has 0 aromatic carbocycles. The van der Waals surface area contributed by atoms with Crippen molar-refractivity contribution in [2.45, 2.75) is 77.7 Å². The van der Waals surface area contributed by atoms with Gasteiger partial charge < -0.3 is 5.32 Å². The van der Waals surface area contributed by atoms with Crippen LogP contribution in [0.1, 0.15) is 71.6 Å². The van der Waals surface area contributed by atoms with Crippen molar-refractivity contribution >= 4 is 0 Å². The third-order valence-corrected chi connectivity index (χ3v) is 6.34. The lowest BCUT2D eigenvalue weighted by Gasteiger charge is -2.53. The molecular formula is C16H29N. The first kappa shape index (κ1) is 12.0. The fourth-order valence-electron chi connectivity index (χ4n) is 4.32. The molecule has 1 nitrogen and oxygen atoms in total. The highest BCUT2D eigenvalue weighted by Gasteiger charge is 2.50. The summed E-state index contributed by atoms with van der Waals surface area (Å²) in [4.78, 5) is 0. The summed E-state index contributed by atoms with van der Waals surface area (Å²) in [5.74, 6) is 0.873. The molecule has 17 heavy (non-hydrogen) atoms. The highest BCUT2D eigenvalue weighted by molar-refractivity contribution is 5.04. The van der Waals surface area contributed by atoms with E-state index in [-0.39, 0.29) is 0 Å². The molecule has 3 saturated carbocycles. The van der Waals surface area contributed by atoms with Gasteiger partial charge in [0.25, 0.3) is 0 Å². The third kappa shape index (κ3) is 2.05. The van der Waals surface area contributed by atoms with E-state index < -0.39 is 0 Å². The molecule has 0 saturated heterocycles. The van der Waals surface area contributed by atoms with Crippen LogP contribution in [0.15, 0.2) is 0 Å². The van der Waals surface area contributed by atoms with Gasteiger partial charge in [-0.1, -0.05) is 33.1 Å². The molecule has 1 spiro atoms. The van der Waals surface area contributed by atoms with Crippen LogP contribution in [-0.2, 0) is 0 Å². The van der Waals surface area contributed by atoms with Gasteiger partial charge in [0.1, 0.15) is 0 Å². The predicted octanol–water partition coefficient (Wildman–Crippen LogP) is 4.13. The van der Waals surface area contributed by atoms with E-state index in [4.69, 9.17) is 0 Å². The fraction of sp³-hybridized carbons (Fsp3) is 1.00. The van der Waals surface area contributed by atoms with Crippen molar-refractivity contribution in [3.8, 4) is 0 Å². The summed E-state index contributed by atoms with van der Waals surface area (Å²) < 4.78 is 0. The van der Waals surface area contributed by atoms with E-state index in [1.165, 1.54) is 64.3 Å². The van der Waals surface area contributed by atoms with E-state index in [2.05, 4.69) is 19.2 Å². The van der Waals surface area contributed by atoms with E-state index in [1.54, 1.807) is 0 Å².